The molecule has 0 saturated heterocycles. The average molecular weight is 242 g/mol. The van der Waals surface area contributed by atoms with Gasteiger partial charge in [0.25, 0.3) is 0 Å². The molecule has 7 heteroatoms. The smallest absolute Gasteiger partial charge is 0.188 e. The van der Waals surface area contributed by atoms with E-state index in [9.17, 15) is 0 Å². The van der Waals surface area contributed by atoms with E-state index in [4.69, 9.17) is 18.0 Å². The van der Waals surface area contributed by atoms with Gasteiger partial charge in [-0.25, -0.2) is 0 Å². The quantitative estimate of drug-likeness (QED) is 0.705. The van der Waals surface area contributed by atoms with Gasteiger partial charge in [-0.05, 0) is 11.8 Å². The second kappa shape index (κ2) is 5.86. The zero-order chi connectivity index (χ0) is 12.1. The molecular weight excluding hydrogens is 224 g/mol. The molecule has 90 valence electrons. The first-order valence-corrected chi connectivity index (χ1v) is 5.68. The maximum Gasteiger partial charge on any atom is 0.188 e. The van der Waals surface area contributed by atoms with Crippen molar-refractivity contribution in [3.63, 3.8) is 0 Å². The van der Waals surface area contributed by atoms with E-state index in [1.165, 1.54) is 4.80 Å². The van der Waals surface area contributed by atoms with E-state index in [2.05, 4.69) is 27.2 Å². The van der Waals surface area contributed by atoms with Crippen LogP contribution < -0.4 is 5.73 Å². The third-order valence-electron chi connectivity index (χ3n) is 2.38. The summed E-state index contributed by atoms with van der Waals surface area (Å²) >= 11 is 4.96. The van der Waals surface area contributed by atoms with Gasteiger partial charge in [0.05, 0.1) is 18.6 Å². The fourth-order valence-corrected chi connectivity index (χ4v) is 1.44. The molecule has 1 unspecified atom stereocenters. The molecule has 0 spiro atoms. The van der Waals surface area contributed by atoms with Crippen molar-refractivity contribution in [1.82, 2.24) is 25.1 Å². The Kier molecular flexibility index (Phi) is 4.75. The van der Waals surface area contributed by atoms with Crippen molar-refractivity contribution < 1.29 is 0 Å². The van der Waals surface area contributed by atoms with Crippen molar-refractivity contribution in [2.45, 2.75) is 20.4 Å². The highest BCUT2D eigenvalue weighted by molar-refractivity contribution is 7.80. The lowest BCUT2D eigenvalue weighted by atomic mass is 10.1. The molecule has 0 aliphatic carbocycles. The van der Waals surface area contributed by atoms with Crippen LogP contribution in [0.15, 0.2) is 0 Å². The zero-order valence-corrected chi connectivity index (χ0v) is 10.7. The molecule has 1 heterocycles. The Morgan fingerprint density at radius 3 is 2.75 bits per heavy atom. The molecular formula is C9H18N6S. The monoisotopic (exact) mass is 242 g/mol. The lowest BCUT2D eigenvalue weighted by Gasteiger charge is -2.22. The van der Waals surface area contributed by atoms with Gasteiger partial charge >= 0.3 is 0 Å². The first kappa shape index (κ1) is 13.0. The molecule has 0 fully saturated rings. The van der Waals surface area contributed by atoms with Crippen LogP contribution in [0.5, 0.6) is 0 Å². The van der Waals surface area contributed by atoms with Crippen LogP contribution in [0.3, 0.4) is 0 Å². The Morgan fingerprint density at radius 2 is 2.31 bits per heavy atom. The van der Waals surface area contributed by atoms with Gasteiger partial charge in [-0.2, -0.15) is 4.80 Å². The molecule has 0 aromatic carbocycles. The first-order valence-electron chi connectivity index (χ1n) is 5.27. The number of hydrogen-bond acceptors (Lipinski definition) is 5. The second-order valence-electron chi connectivity index (χ2n) is 3.83. The minimum Gasteiger partial charge on any atom is -0.393 e. The summed E-state index contributed by atoms with van der Waals surface area (Å²) in [6, 6.07) is 0. The third kappa shape index (κ3) is 3.82. The number of nitrogens with two attached hydrogens (primary N) is 1. The number of nitrogens with zero attached hydrogens (tertiary/aromatic N) is 5. The predicted octanol–water partition coefficient (Wildman–Crippen LogP) is -0.0458. The van der Waals surface area contributed by atoms with Crippen molar-refractivity contribution in [2.75, 3.05) is 13.1 Å². The fraction of sp³-hybridized carbons (Fsp3) is 0.778. The topological polar surface area (TPSA) is 72.9 Å². The van der Waals surface area contributed by atoms with Gasteiger partial charge in [0.1, 0.15) is 0 Å². The molecule has 1 rings (SSSR count). The van der Waals surface area contributed by atoms with Crippen LogP contribution in [-0.2, 0) is 13.6 Å². The Balaban J connectivity index is 2.52. The summed E-state index contributed by atoms with van der Waals surface area (Å²) in [5.74, 6) is 0.922. The van der Waals surface area contributed by atoms with Gasteiger partial charge in [0, 0.05) is 12.5 Å². The van der Waals surface area contributed by atoms with Crippen molar-refractivity contribution >= 4 is 17.2 Å². The zero-order valence-electron chi connectivity index (χ0n) is 9.92. The van der Waals surface area contributed by atoms with Crippen LogP contribution in [0.2, 0.25) is 0 Å². The molecule has 0 bridgehead atoms. The van der Waals surface area contributed by atoms with E-state index in [0.717, 1.165) is 18.9 Å². The van der Waals surface area contributed by atoms with Crippen molar-refractivity contribution in [1.29, 1.82) is 0 Å². The number of aromatic nitrogens is 4. The highest BCUT2D eigenvalue weighted by Crippen LogP contribution is 2.03. The molecule has 1 atom stereocenters. The molecule has 0 amide bonds. The van der Waals surface area contributed by atoms with Gasteiger partial charge in [-0.15, -0.1) is 10.2 Å². The van der Waals surface area contributed by atoms with Crippen LogP contribution in [0.4, 0.5) is 0 Å². The van der Waals surface area contributed by atoms with Crippen molar-refractivity contribution in [2.24, 2.45) is 18.7 Å². The number of hydrogen-bond donors (Lipinski definition) is 1. The van der Waals surface area contributed by atoms with Gasteiger partial charge in [-0.3, -0.25) is 4.90 Å². The lowest BCUT2D eigenvalue weighted by Crippen LogP contribution is -2.33. The minimum absolute atomic E-state index is 0.201. The Hall–Kier alpha value is -1.08. The summed E-state index contributed by atoms with van der Waals surface area (Å²) in [6.07, 6.45) is 0. The number of thiocarbonyl (C=S) groups is 1. The van der Waals surface area contributed by atoms with Gasteiger partial charge in [-0.1, -0.05) is 26.1 Å². The lowest BCUT2D eigenvalue weighted by molar-refractivity contribution is 0.257. The SMILES string of the molecule is CCN(Cc1nnn(C)n1)CC(C)C(N)=S. The maximum absolute atomic E-state index is 5.59. The standard InChI is InChI=1S/C9H18N6S/c1-4-15(5-7(2)9(10)16)6-8-11-13-14(3)12-8/h7H,4-6H2,1-3H3,(H2,10,16). The van der Waals surface area contributed by atoms with E-state index in [0.29, 0.717) is 11.5 Å². The molecule has 6 nitrogen and oxygen atoms in total. The number of aryl methyl sites for hydroxylation is 1. The van der Waals surface area contributed by atoms with Crippen LogP contribution in [0.1, 0.15) is 19.7 Å². The Bertz CT molecular complexity index is 350. The van der Waals surface area contributed by atoms with Crippen LogP contribution in [0, 0.1) is 5.92 Å². The van der Waals surface area contributed by atoms with Crippen LogP contribution in [-0.4, -0.2) is 43.2 Å². The van der Waals surface area contributed by atoms with Crippen molar-refractivity contribution in [3.8, 4) is 0 Å². The molecule has 1 aromatic heterocycles. The average Bonchev–Trinajstić information content (AvgIpc) is 2.62. The van der Waals surface area contributed by atoms with Crippen molar-refractivity contribution in [3.05, 3.63) is 5.82 Å². The van der Waals surface area contributed by atoms with Gasteiger partial charge < -0.3 is 5.73 Å². The largest absolute Gasteiger partial charge is 0.393 e. The normalized spacial score (nSPS) is 13.0. The number of tetrazole rings is 1. The molecule has 0 saturated carbocycles. The molecule has 0 aliphatic rings. The van der Waals surface area contributed by atoms with E-state index in [-0.39, 0.29) is 5.92 Å². The highest BCUT2D eigenvalue weighted by atomic mass is 32.1. The minimum atomic E-state index is 0.201. The second-order valence-corrected chi connectivity index (χ2v) is 4.30. The van der Waals surface area contributed by atoms with Gasteiger partial charge in [0.15, 0.2) is 5.82 Å². The predicted molar refractivity (Wildman–Crippen MR) is 65.7 cm³/mol. The van der Waals surface area contributed by atoms with E-state index in [1.807, 2.05) is 6.92 Å². The molecule has 0 aliphatic heterocycles. The number of rotatable bonds is 6. The van der Waals surface area contributed by atoms with E-state index >= 15 is 0 Å². The summed E-state index contributed by atoms with van der Waals surface area (Å²) in [7, 11) is 1.75. The third-order valence-corrected chi connectivity index (χ3v) is 2.78. The van der Waals surface area contributed by atoms with Crippen LogP contribution >= 0.6 is 12.2 Å². The Morgan fingerprint density at radius 1 is 1.62 bits per heavy atom. The first-order chi connectivity index (χ1) is 7.52. The summed E-state index contributed by atoms with van der Waals surface area (Å²) in [5.41, 5.74) is 5.59. The van der Waals surface area contributed by atoms with Gasteiger partial charge in [0.2, 0.25) is 0 Å². The van der Waals surface area contributed by atoms with Crippen LogP contribution in [0.25, 0.3) is 0 Å². The summed E-state index contributed by atoms with van der Waals surface area (Å²) in [6.45, 7) is 6.52. The molecule has 1 aromatic rings. The van der Waals surface area contributed by atoms with E-state index < -0.39 is 0 Å². The van der Waals surface area contributed by atoms with E-state index in [1.54, 1.807) is 7.05 Å². The maximum atomic E-state index is 5.59. The molecule has 16 heavy (non-hydrogen) atoms. The fourth-order valence-electron chi connectivity index (χ4n) is 1.37. The summed E-state index contributed by atoms with van der Waals surface area (Å²) in [4.78, 5) is 4.20. The Labute approximate surface area is 101 Å². The summed E-state index contributed by atoms with van der Waals surface area (Å²) in [5, 5.41) is 11.9. The molecule has 0 radical (unpaired) electrons. The summed E-state index contributed by atoms with van der Waals surface area (Å²) < 4.78 is 0. The highest BCUT2D eigenvalue weighted by Gasteiger charge is 2.13. The molecule has 2 N–H and O–H groups in total.